The summed E-state index contributed by atoms with van der Waals surface area (Å²) >= 11 is 3.47. The summed E-state index contributed by atoms with van der Waals surface area (Å²) in [4.78, 5) is 2.01. The van der Waals surface area contributed by atoms with Gasteiger partial charge in [0.1, 0.15) is 0 Å². The number of benzene rings is 1. The highest BCUT2D eigenvalue weighted by atomic mass is 79.9. The lowest BCUT2D eigenvalue weighted by Gasteiger charge is -2.19. The fraction of sp³-hybridized carbons (Fsp3) is 0.455. The molecule has 1 rings (SSSR count). The zero-order chi connectivity index (χ0) is 11.6. The monoisotopic (exact) mass is 272 g/mol. The number of aliphatic hydroxyl groups is 1. The van der Waals surface area contributed by atoms with E-state index < -0.39 is 6.10 Å². The van der Waals surface area contributed by atoms with Gasteiger partial charge in [-0.05, 0) is 40.5 Å². The molecule has 0 saturated carbocycles. The van der Waals surface area contributed by atoms with E-state index in [0.717, 1.165) is 15.7 Å². The van der Waals surface area contributed by atoms with Crippen LogP contribution >= 0.6 is 15.9 Å². The molecule has 0 bridgehead atoms. The van der Waals surface area contributed by atoms with Crippen LogP contribution in [0.25, 0.3) is 0 Å². The summed E-state index contributed by atoms with van der Waals surface area (Å²) in [5.74, 6) is 0. The molecule has 0 aliphatic carbocycles. The zero-order valence-corrected chi connectivity index (χ0v) is 10.8. The van der Waals surface area contributed by atoms with E-state index in [2.05, 4.69) is 15.9 Å². The third-order valence-electron chi connectivity index (χ3n) is 2.29. The Morgan fingerprint density at radius 1 is 1.40 bits per heavy atom. The van der Waals surface area contributed by atoms with Crippen LogP contribution in [0.2, 0.25) is 0 Å². The molecule has 0 saturated heterocycles. The summed E-state index contributed by atoms with van der Waals surface area (Å²) in [6.07, 6.45) is -0.613. The van der Waals surface area contributed by atoms with Crippen molar-refractivity contribution in [3.8, 4) is 0 Å². The van der Waals surface area contributed by atoms with E-state index in [1.165, 1.54) is 0 Å². The maximum atomic E-state index is 9.79. The second-order valence-corrected chi connectivity index (χ2v) is 4.76. The van der Waals surface area contributed by atoms with Crippen molar-refractivity contribution in [2.24, 2.45) is 5.73 Å². The Bertz CT molecular complexity index is 339. The normalized spacial score (nSPS) is 14.8. The molecule has 1 aromatic rings. The van der Waals surface area contributed by atoms with E-state index in [1.807, 2.05) is 37.2 Å². The molecule has 0 amide bonds. The van der Waals surface area contributed by atoms with Crippen molar-refractivity contribution in [3.05, 3.63) is 28.2 Å². The molecule has 3 N–H and O–H groups in total. The van der Waals surface area contributed by atoms with Crippen LogP contribution in [0.1, 0.15) is 18.6 Å². The van der Waals surface area contributed by atoms with E-state index in [9.17, 15) is 5.11 Å². The van der Waals surface area contributed by atoms with Gasteiger partial charge in [-0.1, -0.05) is 6.07 Å². The van der Waals surface area contributed by atoms with Crippen molar-refractivity contribution in [2.45, 2.75) is 19.1 Å². The van der Waals surface area contributed by atoms with Gasteiger partial charge in [0.15, 0.2) is 0 Å². The second-order valence-electron chi connectivity index (χ2n) is 3.91. The first-order valence-corrected chi connectivity index (χ1v) is 5.63. The lowest BCUT2D eigenvalue weighted by atomic mass is 10.0. The van der Waals surface area contributed by atoms with Gasteiger partial charge < -0.3 is 15.7 Å². The molecule has 4 heteroatoms. The highest BCUT2D eigenvalue weighted by Crippen LogP contribution is 2.28. The van der Waals surface area contributed by atoms with Gasteiger partial charge in [0.25, 0.3) is 0 Å². The van der Waals surface area contributed by atoms with Gasteiger partial charge in [-0.25, -0.2) is 0 Å². The SMILES string of the molecule is CC(N)C(O)c1ccc(N(C)C)c(Br)c1. The smallest absolute Gasteiger partial charge is 0.0938 e. The van der Waals surface area contributed by atoms with Crippen LogP contribution < -0.4 is 10.6 Å². The van der Waals surface area contributed by atoms with E-state index in [1.54, 1.807) is 6.92 Å². The third kappa shape index (κ3) is 2.93. The van der Waals surface area contributed by atoms with E-state index >= 15 is 0 Å². The van der Waals surface area contributed by atoms with Crippen molar-refractivity contribution < 1.29 is 5.11 Å². The number of aliphatic hydroxyl groups excluding tert-OH is 1. The molecule has 0 aliphatic rings. The molecule has 0 fully saturated rings. The second kappa shape index (κ2) is 4.96. The topological polar surface area (TPSA) is 49.5 Å². The predicted octanol–water partition coefficient (Wildman–Crippen LogP) is 1.90. The van der Waals surface area contributed by atoms with E-state index in [4.69, 9.17) is 5.73 Å². The van der Waals surface area contributed by atoms with Crippen LogP contribution in [-0.2, 0) is 0 Å². The molecule has 3 nitrogen and oxygen atoms in total. The minimum atomic E-state index is -0.613. The number of nitrogens with zero attached hydrogens (tertiary/aromatic N) is 1. The molecule has 2 unspecified atom stereocenters. The highest BCUT2D eigenvalue weighted by Gasteiger charge is 2.13. The lowest BCUT2D eigenvalue weighted by Crippen LogP contribution is -2.24. The van der Waals surface area contributed by atoms with Crippen LogP contribution in [-0.4, -0.2) is 25.2 Å². The Morgan fingerprint density at radius 2 is 2.00 bits per heavy atom. The lowest BCUT2D eigenvalue weighted by molar-refractivity contribution is 0.153. The van der Waals surface area contributed by atoms with Crippen molar-refractivity contribution in [1.29, 1.82) is 0 Å². The fourth-order valence-corrected chi connectivity index (χ4v) is 2.12. The average Bonchev–Trinajstić information content (AvgIpc) is 2.15. The number of nitrogens with two attached hydrogens (primary N) is 1. The van der Waals surface area contributed by atoms with Crippen LogP contribution in [0.4, 0.5) is 5.69 Å². The number of anilines is 1. The maximum Gasteiger partial charge on any atom is 0.0938 e. The molecule has 15 heavy (non-hydrogen) atoms. The highest BCUT2D eigenvalue weighted by molar-refractivity contribution is 9.10. The van der Waals surface area contributed by atoms with Gasteiger partial charge in [0, 0.05) is 24.6 Å². The summed E-state index contributed by atoms with van der Waals surface area (Å²) < 4.78 is 0.963. The Labute approximate surface area is 99.0 Å². The quantitative estimate of drug-likeness (QED) is 0.884. The summed E-state index contributed by atoms with van der Waals surface area (Å²) in [7, 11) is 3.95. The van der Waals surface area contributed by atoms with Crippen molar-refractivity contribution in [3.63, 3.8) is 0 Å². The Morgan fingerprint density at radius 3 is 2.40 bits per heavy atom. The zero-order valence-electron chi connectivity index (χ0n) is 9.24. The number of halogens is 1. The molecule has 1 aromatic carbocycles. The molecule has 84 valence electrons. The maximum absolute atomic E-state index is 9.79. The van der Waals surface area contributed by atoms with Gasteiger partial charge in [-0.2, -0.15) is 0 Å². The van der Waals surface area contributed by atoms with Crippen molar-refractivity contribution >= 4 is 21.6 Å². The average molecular weight is 273 g/mol. The minimum absolute atomic E-state index is 0.262. The minimum Gasteiger partial charge on any atom is -0.387 e. The van der Waals surface area contributed by atoms with Gasteiger partial charge in [-0.3, -0.25) is 0 Å². The molecule has 0 radical (unpaired) electrons. The standard InChI is InChI=1S/C11H17BrN2O/c1-7(13)11(15)8-4-5-10(14(2)3)9(12)6-8/h4-7,11,15H,13H2,1-3H3. The number of rotatable bonds is 3. The summed E-state index contributed by atoms with van der Waals surface area (Å²) in [5.41, 5.74) is 7.56. The molecule has 0 aromatic heterocycles. The van der Waals surface area contributed by atoms with E-state index in [0.29, 0.717) is 0 Å². The summed E-state index contributed by atoms with van der Waals surface area (Å²) in [5, 5.41) is 9.79. The van der Waals surface area contributed by atoms with Gasteiger partial charge in [0.2, 0.25) is 0 Å². The predicted molar refractivity (Wildman–Crippen MR) is 67.1 cm³/mol. The van der Waals surface area contributed by atoms with Gasteiger partial charge in [-0.15, -0.1) is 0 Å². The Kier molecular flexibility index (Phi) is 4.13. The van der Waals surface area contributed by atoms with Crippen molar-refractivity contribution in [2.75, 3.05) is 19.0 Å². The Balaban J connectivity index is 3.01. The molecule has 0 heterocycles. The molecule has 0 spiro atoms. The van der Waals surface area contributed by atoms with E-state index in [-0.39, 0.29) is 6.04 Å². The van der Waals surface area contributed by atoms with Crippen molar-refractivity contribution in [1.82, 2.24) is 0 Å². The van der Waals surface area contributed by atoms with Crippen LogP contribution in [0, 0.1) is 0 Å². The van der Waals surface area contributed by atoms with Crippen LogP contribution in [0.15, 0.2) is 22.7 Å². The van der Waals surface area contributed by atoms with Gasteiger partial charge in [0.05, 0.1) is 11.8 Å². The fourth-order valence-electron chi connectivity index (χ4n) is 1.37. The van der Waals surface area contributed by atoms with Crippen LogP contribution in [0.5, 0.6) is 0 Å². The van der Waals surface area contributed by atoms with Crippen LogP contribution in [0.3, 0.4) is 0 Å². The Hall–Kier alpha value is -0.580. The largest absolute Gasteiger partial charge is 0.387 e. The first-order chi connectivity index (χ1) is 6.93. The van der Waals surface area contributed by atoms with Gasteiger partial charge >= 0.3 is 0 Å². The summed E-state index contributed by atoms with van der Waals surface area (Å²) in [6.45, 7) is 1.79. The first-order valence-electron chi connectivity index (χ1n) is 4.84. The first kappa shape index (κ1) is 12.5. The third-order valence-corrected chi connectivity index (χ3v) is 2.93. The molecular weight excluding hydrogens is 256 g/mol. The number of hydrogen-bond acceptors (Lipinski definition) is 3. The molecular formula is C11H17BrN2O. The molecule has 0 aliphatic heterocycles. The summed E-state index contributed by atoms with van der Waals surface area (Å²) in [6, 6.07) is 5.50. The molecule has 2 atom stereocenters. The number of hydrogen-bond donors (Lipinski definition) is 2.